The molecular formula is C7H9ClF3NO. The van der Waals surface area contributed by atoms with Crippen molar-refractivity contribution in [3.05, 3.63) is 23.7 Å². The molecule has 0 saturated carbocycles. The fourth-order valence-electron chi connectivity index (χ4n) is 0.782. The monoisotopic (exact) mass is 215 g/mol. The summed E-state index contributed by atoms with van der Waals surface area (Å²) in [6, 6.07) is 0.653. The first-order valence-corrected chi connectivity index (χ1v) is 3.30. The highest BCUT2D eigenvalue weighted by Crippen LogP contribution is 2.30. The van der Waals surface area contributed by atoms with E-state index >= 15 is 0 Å². The van der Waals surface area contributed by atoms with Gasteiger partial charge in [-0.15, -0.1) is 12.4 Å². The maximum atomic E-state index is 12.0. The summed E-state index contributed by atoms with van der Waals surface area (Å²) in [6.45, 7) is 1.56. The van der Waals surface area contributed by atoms with E-state index in [0.29, 0.717) is 5.76 Å². The van der Waals surface area contributed by atoms with Gasteiger partial charge in [-0.2, -0.15) is 13.2 Å². The third-order valence-corrected chi connectivity index (χ3v) is 1.42. The van der Waals surface area contributed by atoms with E-state index in [4.69, 9.17) is 10.2 Å². The molecule has 2 nitrogen and oxygen atoms in total. The largest absolute Gasteiger partial charge is 0.464 e. The fourth-order valence-corrected chi connectivity index (χ4v) is 0.782. The first-order chi connectivity index (χ1) is 5.41. The van der Waals surface area contributed by atoms with Crippen LogP contribution in [-0.2, 0) is 0 Å². The molecule has 0 aliphatic carbocycles. The van der Waals surface area contributed by atoms with Gasteiger partial charge >= 0.3 is 6.18 Å². The van der Waals surface area contributed by atoms with E-state index in [1.807, 2.05) is 0 Å². The number of hydrogen-bond donors (Lipinski definition) is 1. The molecule has 1 rings (SSSR count). The van der Waals surface area contributed by atoms with Gasteiger partial charge in [-0.05, 0) is 19.1 Å². The van der Waals surface area contributed by atoms with Crippen molar-refractivity contribution in [2.75, 3.05) is 0 Å². The Morgan fingerprint density at radius 3 is 2.23 bits per heavy atom. The SMILES string of the molecule is Cc1ccc(C(N)C(F)(F)F)o1.Cl. The highest BCUT2D eigenvalue weighted by atomic mass is 35.5. The van der Waals surface area contributed by atoms with Crippen molar-refractivity contribution < 1.29 is 17.6 Å². The van der Waals surface area contributed by atoms with Crippen LogP contribution in [0.2, 0.25) is 0 Å². The summed E-state index contributed by atoms with van der Waals surface area (Å²) in [7, 11) is 0. The van der Waals surface area contributed by atoms with Crippen LogP contribution in [0.25, 0.3) is 0 Å². The zero-order valence-electron chi connectivity index (χ0n) is 6.76. The van der Waals surface area contributed by atoms with Gasteiger partial charge in [0, 0.05) is 0 Å². The van der Waals surface area contributed by atoms with Crippen molar-refractivity contribution in [1.29, 1.82) is 0 Å². The van der Waals surface area contributed by atoms with E-state index in [-0.39, 0.29) is 18.2 Å². The lowest BCUT2D eigenvalue weighted by Crippen LogP contribution is -2.27. The molecule has 1 aromatic heterocycles. The van der Waals surface area contributed by atoms with E-state index in [0.717, 1.165) is 0 Å². The maximum Gasteiger partial charge on any atom is 0.410 e. The second kappa shape index (κ2) is 4.02. The Balaban J connectivity index is 0.00000144. The molecule has 0 saturated heterocycles. The third kappa shape index (κ3) is 2.93. The summed E-state index contributed by atoms with van der Waals surface area (Å²) in [5.74, 6) is 0.171. The maximum absolute atomic E-state index is 12.0. The zero-order valence-corrected chi connectivity index (χ0v) is 7.58. The summed E-state index contributed by atoms with van der Waals surface area (Å²) in [5.41, 5.74) is 4.87. The molecule has 0 aliphatic rings. The standard InChI is InChI=1S/C7H8F3NO.ClH/c1-4-2-3-5(12-4)6(11)7(8,9)10;/h2-3,6H,11H2,1H3;1H. The molecule has 0 fully saturated rings. The van der Waals surface area contributed by atoms with Gasteiger partial charge in [0.05, 0.1) is 0 Å². The normalized spacial score (nSPS) is 13.6. The van der Waals surface area contributed by atoms with Crippen LogP contribution in [-0.4, -0.2) is 6.18 Å². The molecule has 0 radical (unpaired) electrons. The molecule has 1 atom stereocenters. The van der Waals surface area contributed by atoms with Gasteiger partial charge in [0.15, 0.2) is 6.04 Å². The summed E-state index contributed by atoms with van der Waals surface area (Å²) < 4.78 is 40.6. The number of aryl methyl sites for hydroxylation is 1. The minimum Gasteiger partial charge on any atom is -0.464 e. The average Bonchev–Trinajstić information content (AvgIpc) is 2.32. The molecule has 0 amide bonds. The van der Waals surface area contributed by atoms with Gasteiger partial charge in [0.2, 0.25) is 0 Å². The molecule has 1 aromatic rings. The zero-order chi connectivity index (χ0) is 9.35. The van der Waals surface area contributed by atoms with Crippen molar-refractivity contribution in [3.8, 4) is 0 Å². The average molecular weight is 216 g/mol. The molecule has 6 heteroatoms. The number of nitrogens with two attached hydrogens (primary N) is 1. The fraction of sp³-hybridized carbons (Fsp3) is 0.429. The van der Waals surface area contributed by atoms with E-state index in [1.165, 1.54) is 12.1 Å². The Morgan fingerprint density at radius 1 is 1.38 bits per heavy atom. The lowest BCUT2D eigenvalue weighted by molar-refractivity contribution is -0.152. The van der Waals surface area contributed by atoms with Crippen molar-refractivity contribution in [1.82, 2.24) is 0 Å². The van der Waals surface area contributed by atoms with Crippen LogP contribution in [0.3, 0.4) is 0 Å². The summed E-state index contributed by atoms with van der Waals surface area (Å²) in [5, 5.41) is 0. The van der Waals surface area contributed by atoms with E-state index in [9.17, 15) is 13.2 Å². The number of furan rings is 1. The topological polar surface area (TPSA) is 39.2 Å². The first kappa shape index (κ1) is 12.3. The Hall–Kier alpha value is -0.680. The lowest BCUT2D eigenvalue weighted by Gasteiger charge is -2.12. The lowest BCUT2D eigenvalue weighted by atomic mass is 10.2. The van der Waals surface area contributed by atoms with E-state index < -0.39 is 12.2 Å². The second-order valence-electron chi connectivity index (χ2n) is 2.47. The highest BCUT2D eigenvalue weighted by Gasteiger charge is 2.39. The summed E-state index contributed by atoms with van der Waals surface area (Å²) in [4.78, 5) is 0. The molecule has 13 heavy (non-hydrogen) atoms. The molecule has 1 heterocycles. The number of rotatable bonds is 1. The van der Waals surface area contributed by atoms with Gasteiger partial charge < -0.3 is 10.2 Å². The van der Waals surface area contributed by atoms with Crippen LogP contribution >= 0.6 is 12.4 Å². The van der Waals surface area contributed by atoms with Crippen LogP contribution in [0.4, 0.5) is 13.2 Å². The van der Waals surface area contributed by atoms with Gasteiger partial charge in [-0.3, -0.25) is 0 Å². The van der Waals surface area contributed by atoms with E-state index in [1.54, 1.807) is 6.92 Å². The van der Waals surface area contributed by atoms with Gasteiger partial charge in [-0.1, -0.05) is 0 Å². The first-order valence-electron chi connectivity index (χ1n) is 3.30. The van der Waals surface area contributed by atoms with Gasteiger partial charge in [0.1, 0.15) is 11.5 Å². The van der Waals surface area contributed by atoms with Crippen LogP contribution in [0, 0.1) is 6.92 Å². The van der Waals surface area contributed by atoms with Crippen LogP contribution in [0.15, 0.2) is 16.5 Å². The van der Waals surface area contributed by atoms with Gasteiger partial charge in [0.25, 0.3) is 0 Å². The minimum atomic E-state index is -4.44. The summed E-state index contributed by atoms with van der Waals surface area (Å²) in [6.07, 6.45) is -4.44. The molecular weight excluding hydrogens is 207 g/mol. The Morgan fingerprint density at radius 2 is 1.92 bits per heavy atom. The van der Waals surface area contributed by atoms with Crippen molar-refractivity contribution in [2.45, 2.75) is 19.1 Å². The van der Waals surface area contributed by atoms with Crippen molar-refractivity contribution >= 4 is 12.4 Å². The number of halogens is 4. The Kier molecular flexibility index (Phi) is 3.81. The van der Waals surface area contributed by atoms with Crippen LogP contribution in [0.5, 0.6) is 0 Å². The predicted molar refractivity (Wildman–Crippen MR) is 43.7 cm³/mol. The van der Waals surface area contributed by atoms with Crippen LogP contribution in [0.1, 0.15) is 17.6 Å². The van der Waals surface area contributed by atoms with E-state index in [2.05, 4.69) is 0 Å². The molecule has 1 unspecified atom stereocenters. The molecule has 76 valence electrons. The molecule has 0 aliphatic heterocycles. The Labute approximate surface area is 79.3 Å². The predicted octanol–water partition coefficient (Wildman–Crippen LogP) is 2.57. The third-order valence-electron chi connectivity index (χ3n) is 1.42. The molecule has 0 spiro atoms. The quantitative estimate of drug-likeness (QED) is 0.782. The van der Waals surface area contributed by atoms with Crippen molar-refractivity contribution in [2.24, 2.45) is 5.73 Å². The van der Waals surface area contributed by atoms with Gasteiger partial charge in [-0.25, -0.2) is 0 Å². The molecule has 0 aromatic carbocycles. The number of hydrogen-bond acceptors (Lipinski definition) is 2. The molecule has 0 bridgehead atoms. The van der Waals surface area contributed by atoms with Crippen LogP contribution < -0.4 is 5.73 Å². The Bertz CT molecular complexity index is 271. The summed E-state index contributed by atoms with van der Waals surface area (Å²) >= 11 is 0. The molecule has 2 N–H and O–H groups in total. The smallest absolute Gasteiger partial charge is 0.410 e. The minimum absolute atomic E-state index is 0. The number of alkyl halides is 3. The van der Waals surface area contributed by atoms with Crippen molar-refractivity contribution in [3.63, 3.8) is 0 Å². The second-order valence-corrected chi connectivity index (χ2v) is 2.47. The highest BCUT2D eigenvalue weighted by molar-refractivity contribution is 5.85.